The molecule has 1 aromatic rings. The van der Waals surface area contributed by atoms with Crippen LogP contribution < -0.4 is 4.74 Å². The standard InChI is InChI=1S/C12H15FO2/c1-3-4-10(14)8-15-11-5-6-12(13)9(2)7-11/h5-7H,3-4,8H2,1-2H3. The molecule has 0 saturated carbocycles. The summed E-state index contributed by atoms with van der Waals surface area (Å²) in [5.74, 6) is 0.347. The second-order valence-electron chi connectivity index (χ2n) is 3.49. The second kappa shape index (κ2) is 5.49. The van der Waals surface area contributed by atoms with E-state index in [1.807, 2.05) is 6.92 Å². The van der Waals surface area contributed by atoms with Gasteiger partial charge in [-0.05, 0) is 37.1 Å². The monoisotopic (exact) mass is 210 g/mol. The van der Waals surface area contributed by atoms with E-state index in [-0.39, 0.29) is 18.2 Å². The Kier molecular flexibility index (Phi) is 4.28. The molecule has 0 unspecified atom stereocenters. The van der Waals surface area contributed by atoms with Crippen molar-refractivity contribution in [3.05, 3.63) is 29.6 Å². The van der Waals surface area contributed by atoms with E-state index >= 15 is 0 Å². The first kappa shape index (κ1) is 11.7. The number of ether oxygens (including phenoxy) is 1. The van der Waals surface area contributed by atoms with Crippen molar-refractivity contribution in [1.82, 2.24) is 0 Å². The summed E-state index contributed by atoms with van der Waals surface area (Å²) in [5.41, 5.74) is 0.524. The van der Waals surface area contributed by atoms with E-state index in [0.717, 1.165) is 6.42 Å². The molecule has 0 aliphatic carbocycles. The molecule has 0 N–H and O–H groups in total. The van der Waals surface area contributed by atoms with Gasteiger partial charge in [-0.2, -0.15) is 0 Å². The smallest absolute Gasteiger partial charge is 0.170 e. The lowest BCUT2D eigenvalue weighted by molar-refractivity contribution is -0.121. The van der Waals surface area contributed by atoms with Crippen molar-refractivity contribution in [2.24, 2.45) is 0 Å². The molecular formula is C12H15FO2. The van der Waals surface area contributed by atoms with Crippen molar-refractivity contribution in [3.8, 4) is 5.75 Å². The third-order valence-electron chi connectivity index (χ3n) is 2.06. The maximum Gasteiger partial charge on any atom is 0.170 e. The molecule has 0 fully saturated rings. The molecule has 82 valence electrons. The first-order valence-corrected chi connectivity index (χ1v) is 5.04. The maximum atomic E-state index is 12.9. The first-order chi connectivity index (χ1) is 7.13. The van der Waals surface area contributed by atoms with E-state index in [1.165, 1.54) is 12.1 Å². The van der Waals surface area contributed by atoms with Gasteiger partial charge < -0.3 is 4.74 Å². The highest BCUT2D eigenvalue weighted by Gasteiger charge is 2.03. The molecule has 15 heavy (non-hydrogen) atoms. The van der Waals surface area contributed by atoms with Crippen LogP contribution in [0.15, 0.2) is 18.2 Å². The normalized spacial score (nSPS) is 10.1. The first-order valence-electron chi connectivity index (χ1n) is 5.04. The van der Waals surface area contributed by atoms with E-state index in [4.69, 9.17) is 4.74 Å². The van der Waals surface area contributed by atoms with E-state index in [0.29, 0.717) is 17.7 Å². The van der Waals surface area contributed by atoms with Gasteiger partial charge in [-0.1, -0.05) is 6.92 Å². The van der Waals surface area contributed by atoms with Crippen LogP contribution in [0.5, 0.6) is 5.75 Å². The predicted octanol–water partition coefficient (Wildman–Crippen LogP) is 2.88. The van der Waals surface area contributed by atoms with Crippen molar-refractivity contribution in [3.63, 3.8) is 0 Å². The molecular weight excluding hydrogens is 195 g/mol. The Bertz CT molecular complexity index is 347. The molecule has 3 heteroatoms. The van der Waals surface area contributed by atoms with Crippen LogP contribution in [0.2, 0.25) is 0 Å². The van der Waals surface area contributed by atoms with Crippen LogP contribution >= 0.6 is 0 Å². The molecule has 0 bridgehead atoms. The highest BCUT2D eigenvalue weighted by atomic mass is 19.1. The lowest BCUT2D eigenvalue weighted by Gasteiger charge is -2.06. The minimum absolute atomic E-state index is 0.0684. The number of benzene rings is 1. The number of Topliss-reactive ketones (excluding diaryl/α,β-unsaturated/α-hetero) is 1. The highest BCUT2D eigenvalue weighted by Crippen LogP contribution is 2.15. The summed E-state index contributed by atoms with van der Waals surface area (Å²) in [6.07, 6.45) is 1.35. The van der Waals surface area contributed by atoms with Gasteiger partial charge >= 0.3 is 0 Å². The van der Waals surface area contributed by atoms with Crippen molar-refractivity contribution in [2.45, 2.75) is 26.7 Å². The summed E-state index contributed by atoms with van der Waals surface area (Å²) in [7, 11) is 0. The van der Waals surface area contributed by atoms with Crippen molar-refractivity contribution < 1.29 is 13.9 Å². The third kappa shape index (κ3) is 3.70. The van der Waals surface area contributed by atoms with Crippen molar-refractivity contribution in [1.29, 1.82) is 0 Å². The Labute approximate surface area is 89.1 Å². The Hall–Kier alpha value is -1.38. The molecule has 0 aliphatic heterocycles. The van der Waals surface area contributed by atoms with Crippen molar-refractivity contribution in [2.75, 3.05) is 6.61 Å². The zero-order chi connectivity index (χ0) is 11.3. The average molecular weight is 210 g/mol. The predicted molar refractivity (Wildman–Crippen MR) is 56.5 cm³/mol. The van der Waals surface area contributed by atoms with E-state index < -0.39 is 0 Å². The fourth-order valence-electron chi connectivity index (χ4n) is 1.22. The van der Waals surface area contributed by atoms with Crippen LogP contribution in [0.25, 0.3) is 0 Å². The van der Waals surface area contributed by atoms with E-state index in [2.05, 4.69) is 0 Å². The molecule has 0 aliphatic rings. The van der Waals surface area contributed by atoms with Gasteiger partial charge in [0, 0.05) is 6.42 Å². The Morgan fingerprint density at radius 3 is 2.80 bits per heavy atom. The van der Waals surface area contributed by atoms with Crippen molar-refractivity contribution >= 4 is 5.78 Å². The molecule has 0 aromatic heterocycles. The van der Waals surface area contributed by atoms with Crippen LogP contribution in [-0.4, -0.2) is 12.4 Å². The van der Waals surface area contributed by atoms with Gasteiger partial charge in [0.1, 0.15) is 18.2 Å². The zero-order valence-electron chi connectivity index (χ0n) is 9.05. The van der Waals surface area contributed by atoms with Gasteiger partial charge in [0.05, 0.1) is 0 Å². The van der Waals surface area contributed by atoms with Gasteiger partial charge in [-0.15, -0.1) is 0 Å². The minimum atomic E-state index is -0.262. The van der Waals surface area contributed by atoms with Gasteiger partial charge in [0.2, 0.25) is 0 Å². The fourth-order valence-corrected chi connectivity index (χ4v) is 1.22. The molecule has 1 aromatic carbocycles. The number of aryl methyl sites for hydroxylation is 1. The average Bonchev–Trinajstić information content (AvgIpc) is 2.20. The molecule has 0 radical (unpaired) electrons. The highest BCUT2D eigenvalue weighted by molar-refractivity contribution is 5.79. The largest absolute Gasteiger partial charge is 0.486 e. The van der Waals surface area contributed by atoms with Crippen LogP contribution in [0.4, 0.5) is 4.39 Å². The SMILES string of the molecule is CCCC(=O)COc1ccc(F)c(C)c1. The molecule has 0 heterocycles. The van der Waals surface area contributed by atoms with Gasteiger partial charge in [-0.25, -0.2) is 4.39 Å². The van der Waals surface area contributed by atoms with Crippen LogP contribution in [0.1, 0.15) is 25.3 Å². The zero-order valence-corrected chi connectivity index (χ0v) is 9.05. The third-order valence-corrected chi connectivity index (χ3v) is 2.06. The van der Waals surface area contributed by atoms with Gasteiger partial charge in [-0.3, -0.25) is 4.79 Å². The summed E-state index contributed by atoms with van der Waals surface area (Å²) in [5, 5.41) is 0. The quantitative estimate of drug-likeness (QED) is 0.747. The Balaban J connectivity index is 2.51. The number of rotatable bonds is 5. The molecule has 0 saturated heterocycles. The number of carbonyl (C=O) groups is 1. The summed E-state index contributed by atoms with van der Waals surface area (Å²) >= 11 is 0. The summed E-state index contributed by atoms with van der Waals surface area (Å²) in [6, 6.07) is 4.46. The van der Waals surface area contributed by atoms with Gasteiger partial charge in [0.25, 0.3) is 0 Å². The Morgan fingerprint density at radius 2 is 2.20 bits per heavy atom. The number of hydrogen-bond donors (Lipinski definition) is 0. The summed E-state index contributed by atoms with van der Waals surface area (Å²) in [6.45, 7) is 3.68. The van der Waals surface area contributed by atoms with E-state index in [1.54, 1.807) is 13.0 Å². The lowest BCUT2D eigenvalue weighted by Crippen LogP contribution is -2.10. The fraction of sp³-hybridized carbons (Fsp3) is 0.417. The number of halogens is 1. The maximum absolute atomic E-state index is 12.9. The lowest BCUT2D eigenvalue weighted by atomic mass is 10.2. The number of carbonyl (C=O) groups excluding carboxylic acids is 1. The number of ketones is 1. The topological polar surface area (TPSA) is 26.3 Å². The molecule has 1 rings (SSSR count). The van der Waals surface area contributed by atoms with Crippen LogP contribution in [0.3, 0.4) is 0 Å². The summed E-state index contributed by atoms with van der Waals surface area (Å²) in [4.78, 5) is 11.2. The molecule has 0 atom stereocenters. The molecule has 0 amide bonds. The number of hydrogen-bond acceptors (Lipinski definition) is 2. The molecule has 2 nitrogen and oxygen atoms in total. The van der Waals surface area contributed by atoms with Gasteiger partial charge in [0.15, 0.2) is 5.78 Å². The summed E-state index contributed by atoms with van der Waals surface area (Å²) < 4.78 is 18.1. The Morgan fingerprint density at radius 1 is 1.47 bits per heavy atom. The molecule has 0 spiro atoms. The van der Waals surface area contributed by atoms with Crippen LogP contribution in [-0.2, 0) is 4.79 Å². The second-order valence-corrected chi connectivity index (χ2v) is 3.49. The van der Waals surface area contributed by atoms with Crippen LogP contribution in [0, 0.1) is 12.7 Å². The van der Waals surface area contributed by atoms with E-state index in [9.17, 15) is 9.18 Å². The minimum Gasteiger partial charge on any atom is -0.486 e.